The predicted octanol–water partition coefficient (Wildman–Crippen LogP) is 2.44. The summed E-state index contributed by atoms with van der Waals surface area (Å²) < 4.78 is 0. The second kappa shape index (κ2) is 8.55. The lowest BCUT2D eigenvalue weighted by molar-refractivity contribution is -0.117. The molecule has 2 amide bonds. The standard InChI is InChI=1S/C14H21N3O2.ClH/c1-4-11(15)14(19)17-12-8-10(7-6-9(12)3)16-13(18)5-2;/h6-8,11H,4-5,15H2,1-3H3,(H,16,18)(H,17,19);1H/t11-;/m0./s1. The van der Waals surface area contributed by atoms with E-state index in [1.165, 1.54) is 0 Å². The summed E-state index contributed by atoms with van der Waals surface area (Å²) in [5.41, 5.74) is 7.93. The summed E-state index contributed by atoms with van der Waals surface area (Å²) >= 11 is 0. The molecule has 0 unspecified atom stereocenters. The summed E-state index contributed by atoms with van der Waals surface area (Å²) in [6.07, 6.45) is 0.993. The molecular formula is C14H22ClN3O2. The maximum Gasteiger partial charge on any atom is 0.241 e. The van der Waals surface area contributed by atoms with Crippen LogP contribution in [-0.2, 0) is 9.59 Å². The molecule has 0 aliphatic carbocycles. The van der Waals surface area contributed by atoms with Gasteiger partial charge >= 0.3 is 0 Å². The van der Waals surface area contributed by atoms with Crippen LogP contribution in [0, 0.1) is 6.92 Å². The normalized spacial score (nSPS) is 11.2. The average Bonchev–Trinajstić information content (AvgIpc) is 2.41. The Morgan fingerprint density at radius 1 is 1.25 bits per heavy atom. The fourth-order valence-electron chi connectivity index (χ4n) is 1.49. The van der Waals surface area contributed by atoms with E-state index in [-0.39, 0.29) is 24.2 Å². The van der Waals surface area contributed by atoms with Gasteiger partial charge in [0, 0.05) is 17.8 Å². The highest BCUT2D eigenvalue weighted by atomic mass is 35.5. The second-order valence-electron chi connectivity index (χ2n) is 4.44. The van der Waals surface area contributed by atoms with E-state index in [1.807, 2.05) is 19.9 Å². The minimum Gasteiger partial charge on any atom is -0.326 e. The lowest BCUT2D eigenvalue weighted by Crippen LogP contribution is -2.35. The van der Waals surface area contributed by atoms with E-state index in [0.29, 0.717) is 24.2 Å². The van der Waals surface area contributed by atoms with Crippen molar-refractivity contribution in [1.82, 2.24) is 0 Å². The lowest BCUT2D eigenvalue weighted by atomic mass is 10.1. The van der Waals surface area contributed by atoms with E-state index >= 15 is 0 Å². The van der Waals surface area contributed by atoms with Gasteiger partial charge in [0.05, 0.1) is 6.04 Å². The van der Waals surface area contributed by atoms with Gasteiger partial charge in [-0.15, -0.1) is 12.4 Å². The zero-order valence-electron chi connectivity index (χ0n) is 12.0. The highest BCUT2D eigenvalue weighted by Gasteiger charge is 2.12. The van der Waals surface area contributed by atoms with Crippen molar-refractivity contribution in [2.45, 2.75) is 39.7 Å². The number of benzene rings is 1. The molecule has 0 spiro atoms. The fraction of sp³-hybridized carbons (Fsp3) is 0.429. The molecule has 6 heteroatoms. The average molecular weight is 300 g/mol. The molecule has 0 heterocycles. The van der Waals surface area contributed by atoms with E-state index in [2.05, 4.69) is 10.6 Å². The molecule has 1 rings (SSSR count). The molecule has 0 radical (unpaired) electrons. The quantitative estimate of drug-likeness (QED) is 0.781. The third kappa shape index (κ3) is 5.19. The van der Waals surface area contributed by atoms with Crippen LogP contribution in [0.4, 0.5) is 11.4 Å². The van der Waals surface area contributed by atoms with Gasteiger partial charge in [0.1, 0.15) is 0 Å². The van der Waals surface area contributed by atoms with Crippen LogP contribution >= 0.6 is 12.4 Å². The third-order valence-corrected chi connectivity index (χ3v) is 2.88. The summed E-state index contributed by atoms with van der Waals surface area (Å²) in [5.74, 6) is -0.282. The molecule has 112 valence electrons. The monoisotopic (exact) mass is 299 g/mol. The van der Waals surface area contributed by atoms with Crippen LogP contribution in [0.5, 0.6) is 0 Å². The number of carbonyl (C=O) groups excluding carboxylic acids is 2. The van der Waals surface area contributed by atoms with Crippen LogP contribution in [0.25, 0.3) is 0 Å². The molecule has 0 aliphatic heterocycles. The first kappa shape index (κ1) is 18.4. The number of amides is 2. The molecular weight excluding hydrogens is 278 g/mol. The number of nitrogens with one attached hydrogen (secondary N) is 2. The van der Waals surface area contributed by atoms with Crippen molar-refractivity contribution in [2.24, 2.45) is 5.73 Å². The number of hydrogen-bond donors (Lipinski definition) is 3. The zero-order valence-corrected chi connectivity index (χ0v) is 12.8. The Labute approximate surface area is 125 Å². The van der Waals surface area contributed by atoms with E-state index in [0.717, 1.165) is 5.56 Å². The number of hydrogen-bond acceptors (Lipinski definition) is 3. The molecule has 0 aromatic heterocycles. The molecule has 0 saturated carbocycles. The highest BCUT2D eigenvalue weighted by Crippen LogP contribution is 2.20. The van der Waals surface area contributed by atoms with Crippen LogP contribution in [0.2, 0.25) is 0 Å². The molecule has 20 heavy (non-hydrogen) atoms. The minimum absolute atomic E-state index is 0. The fourth-order valence-corrected chi connectivity index (χ4v) is 1.49. The Morgan fingerprint density at radius 2 is 1.90 bits per heavy atom. The number of nitrogens with two attached hydrogens (primary N) is 1. The van der Waals surface area contributed by atoms with Gasteiger partial charge in [-0.25, -0.2) is 0 Å². The Balaban J connectivity index is 0.00000361. The van der Waals surface area contributed by atoms with E-state index in [4.69, 9.17) is 5.73 Å². The van der Waals surface area contributed by atoms with Gasteiger partial charge in [-0.1, -0.05) is 19.9 Å². The first-order valence-electron chi connectivity index (χ1n) is 6.44. The summed E-state index contributed by atoms with van der Waals surface area (Å²) in [4.78, 5) is 23.1. The lowest BCUT2D eigenvalue weighted by Gasteiger charge is -2.13. The number of halogens is 1. The van der Waals surface area contributed by atoms with Gasteiger partial charge in [0.2, 0.25) is 11.8 Å². The Hall–Kier alpha value is -1.59. The zero-order chi connectivity index (χ0) is 14.4. The number of carbonyl (C=O) groups is 2. The molecule has 0 fully saturated rings. The molecule has 5 nitrogen and oxygen atoms in total. The van der Waals surface area contributed by atoms with Gasteiger partial charge in [0.15, 0.2) is 0 Å². The summed E-state index contributed by atoms with van der Waals surface area (Å²) in [6.45, 7) is 5.53. The molecule has 0 bridgehead atoms. The van der Waals surface area contributed by atoms with Gasteiger partial charge < -0.3 is 16.4 Å². The van der Waals surface area contributed by atoms with E-state index in [9.17, 15) is 9.59 Å². The minimum atomic E-state index is -0.520. The molecule has 1 aromatic carbocycles. The largest absolute Gasteiger partial charge is 0.326 e. The molecule has 0 saturated heterocycles. The highest BCUT2D eigenvalue weighted by molar-refractivity contribution is 5.97. The van der Waals surface area contributed by atoms with Crippen LogP contribution in [0.3, 0.4) is 0 Å². The van der Waals surface area contributed by atoms with Crippen LogP contribution in [0.15, 0.2) is 18.2 Å². The smallest absolute Gasteiger partial charge is 0.241 e. The molecule has 0 aliphatic rings. The Kier molecular flexibility index (Phi) is 7.87. The summed E-state index contributed by atoms with van der Waals surface area (Å²) in [7, 11) is 0. The van der Waals surface area contributed by atoms with Crippen molar-refractivity contribution in [2.75, 3.05) is 10.6 Å². The third-order valence-electron chi connectivity index (χ3n) is 2.88. The number of rotatable bonds is 5. The maximum atomic E-state index is 11.8. The van der Waals surface area contributed by atoms with Gasteiger partial charge in [-0.2, -0.15) is 0 Å². The summed E-state index contributed by atoms with van der Waals surface area (Å²) in [5, 5.41) is 5.53. The van der Waals surface area contributed by atoms with Crippen LogP contribution in [0.1, 0.15) is 32.3 Å². The number of anilines is 2. The molecule has 1 aromatic rings. The van der Waals surface area contributed by atoms with Crippen LogP contribution < -0.4 is 16.4 Å². The van der Waals surface area contributed by atoms with Crippen molar-refractivity contribution >= 4 is 35.6 Å². The Morgan fingerprint density at radius 3 is 2.45 bits per heavy atom. The maximum absolute atomic E-state index is 11.8. The Bertz CT molecular complexity index is 477. The van der Waals surface area contributed by atoms with Gasteiger partial charge in [-0.3, -0.25) is 9.59 Å². The van der Waals surface area contributed by atoms with Gasteiger partial charge in [0.25, 0.3) is 0 Å². The van der Waals surface area contributed by atoms with Crippen molar-refractivity contribution in [3.63, 3.8) is 0 Å². The van der Waals surface area contributed by atoms with Crippen molar-refractivity contribution in [1.29, 1.82) is 0 Å². The van der Waals surface area contributed by atoms with E-state index in [1.54, 1.807) is 19.1 Å². The first-order valence-corrected chi connectivity index (χ1v) is 6.44. The first-order chi connectivity index (χ1) is 8.97. The van der Waals surface area contributed by atoms with Gasteiger partial charge in [-0.05, 0) is 31.0 Å². The summed E-state index contributed by atoms with van der Waals surface area (Å²) in [6, 6.07) is 4.87. The SMILES string of the molecule is CCC(=O)Nc1ccc(C)c(NC(=O)[C@@H](N)CC)c1.Cl. The van der Waals surface area contributed by atoms with Crippen molar-refractivity contribution in [3.8, 4) is 0 Å². The van der Waals surface area contributed by atoms with Crippen molar-refractivity contribution in [3.05, 3.63) is 23.8 Å². The van der Waals surface area contributed by atoms with Crippen LogP contribution in [-0.4, -0.2) is 17.9 Å². The molecule has 1 atom stereocenters. The topological polar surface area (TPSA) is 84.2 Å². The molecule has 4 N–H and O–H groups in total. The predicted molar refractivity (Wildman–Crippen MR) is 84.2 cm³/mol. The van der Waals surface area contributed by atoms with Crippen molar-refractivity contribution < 1.29 is 9.59 Å². The number of aryl methyl sites for hydroxylation is 1. The second-order valence-corrected chi connectivity index (χ2v) is 4.44. The van der Waals surface area contributed by atoms with E-state index < -0.39 is 6.04 Å².